The summed E-state index contributed by atoms with van der Waals surface area (Å²) in [6.07, 6.45) is 1.83. The van der Waals surface area contributed by atoms with Gasteiger partial charge in [0.25, 0.3) is 5.91 Å². The number of carbonyl (C=O) groups is 3. The van der Waals surface area contributed by atoms with Crippen molar-refractivity contribution in [3.8, 4) is 0 Å². The molecule has 0 saturated carbocycles. The van der Waals surface area contributed by atoms with E-state index < -0.39 is 17.4 Å². The van der Waals surface area contributed by atoms with Crippen LogP contribution in [0.5, 0.6) is 0 Å². The summed E-state index contributed by atoms with van der Waals surface area (Å²) in [5, 5.41) is 3.01. The largest absolute Gasteiger partial charge is 0.320 e. The molecule has 0 aliphatic carbocycles. The van der Waals surface area contributed by atoms with Crippen LogP contribution in [0.2, 0.25) is 0 Å². The lowest BCUT2D eigenvalue weighted by molar-refractivity contribution is -0.948. The van der Waals surface area contributed by atoms with E-state index in [1.165, 1.54) is 4.90 Å². The van der Waals surface area contributed by atoms with Crippen molar-refractivity contribution >= 4 is 29.1 Å². The lowest BCUT2D eigenvalue weighted by Gasteiger charge is -2.33. The molecule has 2 aromatic carbocycles. The molecule has 0 radical (unpaired) electrons. The molecule has 5 atom stereocenters. The molecule has 2 aromatic rings. The van der Waals surface area contributed by atoms with E-state index in [1.807, 2.05) is 55.5 Å². The van der Waals surface area contributed by atoms with Gasteiger partial charge in [-0.1, -0.05) is 36.4 Å². The van der Waals surface area contributed by atoms with E-state index in [0.29, 0.717) is 5.69 Å². The number of carbonyl (C=O) groups excluding carboxylic acids is 3. The zero-order valence-electron chi connectivity index (χ0n) is 16.1. The molecule has 4 aliphatic heterocycles. The van der Waals surface area contributed by atoms with E-state index >= 15 is 0 Å². The van der Waals surface area contributed by atoms with Crippen molar-refractivity contribution in [2.45, 2.75) is 31.3 Å². The molecule has 1 unspecified atom stereocenters. The van der Waals surface area contributed by atoms with Gasteiger partial charge in [-0.2, -0.15) is 0 Å². The van der Waals surface area contributed by atoms with Crippen LogP contribution in [0.15, 0.2) is 48.5 Å². The first-order valence-electron chi connectivity index (χ1n) is 10.3. The van der Waals surface area contributed by atoms with Crippen molar-refractivity contribution in [2.75, 3.05) is 16.8 Å². The Labute approximate surface area is 168 Å². The fourth-order valence-corrected chi connectivity index (χ4v) is 6.47. The van der Waals surface area contributed by atoms with Crippen molar-refractivity contribution in [3.05, 3.63) is 59.7 Å². The average molecular weight is 388 g/mol. The summed E-state index contributed by atoms with van der Waals surface area (Å²) in [6, 6.07) is 15.1. The molecule has 3 fully saturated rings. The second kappa shape index (κ2) is 5.54. The van der Waals surface area contributed by atoms with Gasteiger partial charge < -0.3 is 10.2 Å². The fourth-order valence-electron chi connectivity index (χ4n) is 6.47. The molecule has 3 amide bonds. The lowest BCUT2D eigenvalue weighted by atomic mass is 9.75. The molecule has 4 heterocycles. The molecule has 1 spiro atoms. The predicted octanol–water partition coefficient (Wildman–Crippen LogP) is 1.01. The highest BCUT2D eigenvalue weighted by Gasteiger charge is 2.78. The Bertz CT molecular complexity index is 1100. The maximum Gasteiger partial charge on any atom is 0.291 e. The minimum Gasteiger partial charge on any atom is -0.320 e. The molecule has 3 saturated heterocycles. The normalized spacial score (nSPS) is 34.5. The number of nitrogens with one attached hydrogen (secondary N) is 2. The molecule has 6 heteroatoms. The number of hydrogen-bond donors (Lipinski definition) is 2. The van der Waals surface area contributed by atoms with Crippen molar-refractivity contribution in [1.82, 2.24) is 0 Å². The monoisotopic (exact) mass is 388 g/mol. The van der Waals surface area contributed by atoms with Crippen molar-refractivity contribution < 1.29 is 19.3 Å². The number of imide groups is 1. The first-order chi connectivity index (χ1) is 14.1. The Morgan fingerprint density at radius 3 is 2.62 bits per heavy atom. The minimum atomic E-state index is -1.01. The first kappa shape index (κ1) is 16.9. The third kappa shape index (κ3) is 1.83. The number of hydrogen-bond acceptors (Lipinski definition) is 3. The Hall–Kier alpha value is -2.99. The van der Waals surface area contributed by atoms with Gasteiger partial charge in [0, 0.05) is 18.4 Å². The number of quaternary nitrogens is 1. The quantitative estimate of drug-likeness (QED) is 0.717. The maximum absolute atomic E-state index is 13.8. The lowest BCUT2D eigenvalue weighted by Crippen LogP contribution is -3.19. The second-order valence-electron chi connectivity index (χ2n) is 8.63. The van der Waals surface area contributed by atoms with Crippen LogP contribution in [0, 0.1) is 18.8 Å². The third-order valence-electron chi connectivity index (χ3n) is 7.48. The van der Waals surface area contributed by atoms with E-state index in [-0.39, 0.29) is 23.8 Å². The van der Waals surface area contributed by atoms with Gasteiger partial charge in [-0.3, -0.25) is 14.4 Å². The standard InChI is InChI=1S/C23H21N3O3/c1-13-7-2-5-10-16(13)26-20(27)18-17-11-6-12-25(17)23(19(18)21(26)28)14-8-3-4-9-15(14)24-22(23)29/h2-5,7-10,17-19H,6,11-12H2,1H3,(H,24,29)/p+1/t17-,18+,19-,23+/m0/s1. The summed E-state index contributed by atoms with van der Waals surface area (Å²) in [5.41, 5.74) is 2.15. The molecule has 2 N–H and O–H groups in total. The summed E-state index contributed by atoms with van der Waals surface area (Å²) in [5.74, 6) is -1.62. The second-order valence-corrected chi connectivity index (χ2v) is 8.63. The van der Waals surface area contributed by atoms with E-state index in [4.69, 9.17) is 0 Å². The van der Waals surface area contributed by atoms with Crippen LogP contribution >= 0.6 is 0 Å². The molecular formula is C23H22N3O3+. The highest BCUT2D eigenvalue weighted by molar-refractivity contribution is 6.25. The molecule has 0 bridgehead atoms. The molecule has 29 heavy (non-hydrogen) atoms. The van der Waals surface area contributed by atoms with Gasteiger partial charge in [0.15, 0.2) is 0 Å². The van der Waals surface area contributed by atoms with E-state index in [2.05, 4.69) is 5.32 Å². The SMILES string of the molecule is Cc1ccccc1N1C(=O)[C@H]2[C@@H](C1=O)[C@]1(C(=O)Nc3ccccc31)[NH+]1CCC[C@@H]21. The van der Waals surface area contributed by atoms with Crippen LogP contribution in [-0.2, 0) is 19.9 Å². The number of rotatable bonds is 1. The molecule has 6 rings (SSSR count). The van der Waals surface area contributed by atoms with Crippen molar-refractivity contribution in [1.29, 1.82) is 0 Å². The first-order valence-corrected chi connectivity index (χ1v) is 10.3. The smallest absolute Gasteiger partial charge is 0.291 e. The van der Waals surface area contributed by atoms with Gasteiger partial charge >= 0.3 is 0 Å². The van der Waals surface area contributed by atoms with Gasteiger partial charge in [-0.05, 0) is 24.6 Å². The highest BCUT2D eigenvalue weighted by Crippen LogP contribution is 2.52. The van der Waals surface area contributed by atoms with Gasteiger partial charge in [0.1, 0.15) is 17.9 Å². The molecular weight excluding hydrogens is 366 g/mol. The Morgan fingerprint density at radius 1 is 1.03 bits per heavy atom. The average Bonchev–Trinajstić information content (AvgIpc) is 3.41. The van der Waals surface area contributed by atoms with Gasteiger partial charge in [-0.15, -0.1) is 0 Å². The van der Waals surface area contributed by atoms with E-state index in [0.717, 1.165) is 41.1 Å². The molecule has 146 valence electrons. The van der Waals surface area contributed by atoms with Gasteiger partial charge in [-0.25, -0.2) is 4.90 Å². The Balaban J connectivity index is 1.58. The van der Waals surface area contributed by atoms with Gasteiger partial charge in [0.05, 0.1) is 17.9 Å². The van der Waals surface area contributed by atoms with Crippen LogP contribution in [-0.4, -0.2) is 30.3 Å². The van der Waals surface area contributed by atoms with Gasteiger partial charge in [0.2, 0.25) is 17.4 Å². The van der Waals surface area contributed by atoms with E-state index in [9.17, 15) is 14.4 Å². The topological polar surface area (TPSA) is 70.9 Å². The molecule has 4 aliphatic rings. The zero-order chi connectivity index (χ0) is 19.9. The van der Waals surface area contributed by atoms with Crippen LogP contribution < -0.4 is 15.1 Å². The number of aryl methyl sites for hydroxylation is 1. The molecule has 6 nitrogen and oxygen atoms in total. The maximum atomic E-state index is 13.8. The third-order valence-corrected chi connectivity index (χ3v) is 7.48. The Morgan fingerprint density at radius 2 is 1.79 bits per heavy atom. The number of amides is 3. The van der Waals surface area contributed by atoms with E-state index in [1.54, 1.807) is 0 Å². The molecule has 0 aromatic heterocycles. The Kier molecular flexibility index (Phi) is 3.23. The van der Waals surface area contributed by atoms with Crippen LogP contribution in [0.3, 0.4) is 0 Å². The summed E-state index contributed by atoms with van der Waals surface area (Å²) < 4.78 is 0. The minimum absolute atomic E-state index is 0.00220. The summed E-state index contributed by atoms with van der Waals surface area (Å²) >= 11 is 0. The predicted molar refractivity (Wildman–Crippen MR) is 106 cm³/mol. The van der Waals surface area contributed by atoms with Crippen LogP contribution in [0.4, 0.5) is 11.4 Å². The summed E-state index contributed by atoms with van der Waals surface area (Å²) in [7, 11) is 0. The number of benzene rings is 2. The summed E-state index contributed by atoms with van der Waals surface area (Å²) in [4.78, 5) is 43.4. The fraction of sp³-hybridized carbons (Fsp3) is 0.348. The van der Waals surface area contributed by atoms with Crippen LogP contribution in [0.25, 0.3) is 0 Å². The summed E-state index contributed by atoms with van der Waals surface area (Å²) in [6.45, 7) is 2.72. The number of nitrogens with zero attached hydrogens (tertiary/aromatic N) is 1. The zero-order valence-corrected chi connectivity index (χ0v) is 16.1. The van der Waals surface area contributed by atoms with Crippen LogP contribution in [0.1, 0.15) is 24.0 Å². The van der Waals surface area contributed by atoms with Crippen molar-refractivity contribution in [3.63, 3.8) is 0 Å². The van der Waals surface area contributed by atoms with Crippen molar-refractivity contribution in [2.24, 2.45) is 11.8 Å². The number of para-hydroxylation sites is 2. The number of anilines is 2. The number of fused-ring (bicyclic) bond motifs is 7. The highest BCUT2D eigenvalue weighted by atomic mass is 16.2.